The van der Waals surface area contributed by atoms with Gasteiger partial charge in [-0.3, -0.25) is 0 Å². The van der Waals surface area contributed by atoms with Crippen LogP contribution in [0.3, 0.4) is 0 Å². The van der Waals surface area contributed by atoms with Gasteiger partial charge in [-0.2, -0.15) is 0 Å². The first-order valence-electron chi connectivity index (χ1n) is 14.3. The molecule has 4 aromatic carbocycles. The second kappa shape index (κ2) is 13.1. The van der Waals surface area contributed by atoms with Gasteiger partial charge in [-0.1, -0.05) is 48.5 Å². The number of nitrogens with one attached hydrogen (secondary N) is 1. The molecule has 0 saturated heterocycles. The van der Waals surface area contributed by atoms with Crippen LogP contribution < -0.4 is 15.4 Å². The third-order valence-corrected chi connectivity index (χ3v) is 8.91. The van der Waals surface area contributed by atoms with E-state index in [1.165, 1.54) is 0 Å². The number of benzene rings is 4. The second-order valence-electron chi connectivity index (χ2n) is 10.5. The van der Waals surface area contributed by atoms with Crippen molar-refractivity contribution in [3.05, 3.63) is 72.6 Å². The lowest BCUT2D eigenvalue weighted by atomic mass is 10.1. The number of fused-ring (bicyclic) bond motifs is 4. The number of aromatic nitrogens is 2. The second-order valence-corrected chi connectivity index (χ2v) is 12.3. The predicted octanol–water partition coefficient (Wildman–Crippen LogP) is 5.09. The van der Waals surface area contributed by atoms with Crippen molar-refractivity contribution in [3.8, 4) is 0 Å². The molecule has 0 bridgehead atoms. The number of hydrogen-bond donors (Lipinski definition) is 2. The highest BCUT2D eigenvalue weighted by Gasteiger charge is 2.18. The Morgan fingerprint density at radius 1 is 0.881 bits per heavy atom. The van der Waals surface area contributed by atoms with E-state index in [1.54, 1.807) is 12.1 Å². The van der Waals surface area contributed by atoms with E-state index in [-0.39, 0.29) is 4.90 Å². The van der Waals surface area contributed by atoms with Crippen LogP contribution in [0.1, 0.15) is 18.7 Å². The van der Waals surface area contributed by atoms with Gasteiger partial charge in [0.05, 0.1) is 29.3 Å². The van der Waals surface area contributed by atoms with Crippen LogP contribution in [0.5, 0.6) is 0 Å². The van der Waals surface area contributed by atoms with E-state index in [9.17, 15) is 8.42 Å². The first-order valence-corrected chi connectivity index (χ1v) is 15.7. The highest BCUT2D eigenvalue weighted by molar-refractivity contribution is 7.89. The highest BCUT2D eigenvalue weighted by atomic mass is 32.2. The summed E-state index contributed by atoms with van der Waals surface area (Å²) in [6.07, 6.45) is 1.40. The Bertz CT molecular complexity index is 1800. The molecule has 10 heteroatoms. The number of rotatable bonds is 14. The Hall–Kier alpha value is -3.70. The fourth-order valence-electron chi connectivity index (χ4n) is 5.38. The van der Waals surface area contributed by atoms with Gasteiger partial charge in [0.25, 0.3) is 0 Å². The number of imidazole rings is 1. The maximum atomic E-state index is 13.0. The Labute approximate surface area is 247 Å². The predicted molar refractivity (Wildman–Crippen MR) is 171 cm³/mol. The van der Waals surface area contributed by atoms with Gasteiger partial charge in [0.15, 0.2) is 0 Å². The van der Waals surface area contributed by atoms with Gasteiger partial charge in [-0.05, 0) is 43.4 Å². The van der Waals surface area contributed by atoms with Crippen LogP contribution >= 0.6 is 0 Å². The molecule has 0 aliphatic carbocycles. The number of aryl methyl sites for hydroxylation is 2. The van der Waals surface area contributed by atoms with E-state index in [2.05, 4.69) is 21.4 Å². The lowest BCUT2D eigenvalue weighted by molar-refractivity contribution is 0.0454. The minimum absolute atomic E-state index is 0.286. The lowest BCUT2D eigenvalue weighted by Crippen LogP contribution is -2.26. The monoisotopic (exact) mass is 589 g/mol. The summed E-state index contributed by atoms with van der Waals surface area (Å²) in [5.74, 6) is 0.936. The number of anilines is 2. The first-order chi connectivity index (χ1) is 20.3. The fourth-order valence-corrected chi connectivity index (χ4v) is 6.67. The average Bonchev–Trinajstić information content (AvgIpc) is 3.31. The molecule has 0 saturated carbocycles. The Kier molecular flexibility index (Phi) is 9.27. The number of sulfonamides is 1. The van der Waals surface area contributed by atoms with Gasteiger partial charge in [-0.25, -0.2) is 18.1 Å². The standard InChI is InChI=1S/C32H39N5O4S/c1-23-35-31-28(33)22-24-10-4-5-11-25(24)32(31)37(23)17-9-19-41-21-20-40-18-8-16-34-42(38,39)30-15-7-12-26-27(30)13-6-14-29(26)36(2)3/h4-7,10-15,22,34H,8-9,16-21,33H2,1-3H3. The number of nitrogens with zero attached hydrogens (tertiary/aromatic N) is 3. The van der Waals surface area contributed by atoms with Gasteiger partial charge >= 0.3 is 0 Å². The largest absolute Gasteiger partial charge is 0.397 e. The van der Waals surface area contributed by atoms with Gasteiger partial charge in [0.2, 0.25) is 10.0 Å². The average molecular weight is 590 g/mol. The topological polar surface area (TPSA) is 112 Å². The Balaban J connectivity index is 1.02. The molecular weight excluding hydrogens is 550 g/mol. The zero-order valence-electron chi connectivity index (χ0n) is 24.5. The van der Waals surface area contributed by atoms with Crippen molar-refractivity contribution in [2.45, 2.75) is 31.2 Å². The number of hydrogen-bond acceptors (Lipinski definition) is 7. The molecule has 1 heterocycles. The Morgan fingerprint density at radius 3 is 2.36 bits per heavy atom. The van der Waals surface area contributed by atoms with Gasteiger partial charge in [0, 0.05) is 62.2 Å². The van der Waals surface area contributed by atoms with Crippen LogP contribution in [0.15, 0.2) is 71.6 Å². The van der Waals surface area contributed by atoms with Crippen molar-refractivity contribution in [1.29, 1.82) is 0 Å². The summed E-state index contributed by atoms with van der Waals surface area (Å²) >= 11 is 0. The molecule has 0 atom stereocenters. The number of nitrogen functional groups attached to an aromatic ring is 1. The molecule has 5 rings (SSSR count). The molecule has 0 aliphatic heterocycles. The fraction of sp³-hybridized carbons (Fsp3) is 0.344. The van der Waals surface area contributed by atoms with E-state index in [0.717, 1.165) is 51.7 Å². The van der Waals surface area contributed by atoms with Gasteiger partial charge in [-0.15, -0.1) is 0 Å². The molecule has 0 spiro atoms. The minimum Gasteiger partial charge on any atom is -0.397 e. The molecule has 3 N–H and O–H groups in total. The van der Waals surface area contributed by atoms with Crippen LogP contribution in [0.2, 0.25) is 0 Å². The van der Waals surface area contributed by atoms with Crippen LogP contribution in [0, 0.1) is 6.92 Å². The maximum Gasteiger partial charge on any atom is 0.241 e. The minimum atomic E-state index is -3.65. The van der Waals surface area contributed by atoms with E-state index < -0.39 is 10.0 Å². The smallest absolute Gasteiger partial charge is 0.241 e. The summed E-state index contributed by atoms with van der Waals surface area (Å²) in [7, 11) is 0.242. The molecule has 9 nitrogen and oxygen atoms in total. The highest BCUT2D eigenvalue weighted by Crippen LogP contribution is 2.31. The van der Waals surface area contributed by atoms with E-state index >= 15 is 0 Å². The van der Waals surface area contributed by atoms with Crippen LogP contribution in [0.4, 0.5) is 11.4 Å². The molecule has 0 radical (unpaired) electrons. The van der Waals surface area contributed by atoms with Gasteiger partial charge < -0.3 is 24.7 Å². The third-order valence-electron chi connectivity index (χ3n) is 7.39. The van der Waals surface area contributed by atoms with Crippen molar-refractivity contribution in [2.24, 2.45) is 0 Å². The summed E-state index contributed by atoms with van der Waals surface area (Å²) < 4.78 is 42.4. The van der Waals surface area contributed by atoms with Crippen molar-refractivity contribution in [3.63, 3.8) is 0 Å². The van der Waals surface area contributed by atoms with Crippen molar-refractivity contribution in [1.82, 2.24) is 14.3 Å². The summed E-state index contributed by atoms with van der Waals surface area (Å²) in [5, 5.41) is 3.87. The molecule has 42 heavy (non-hydrogen) atoms. The Morgan fingerprint density at radius 2 is 1.57 bits per heavy atom. The summed E-state index contributed by atoms with van der Waals surface area (Å²) in [6.45, 7) is 5.07. The SMILES string of the molecule is Cc1nc2c(N)cc3ccccc3c2n1CCCOCCOCCCNS(=O)(=O)c1cccc2c(N(C)C)cccc12. The van der Waals surface area contributed by atoms with Crippen LogP contribution in [-0.4, -0.2) is 65.0 Å². The first kappa shape index (κ1) is 29.8. The third kappa shape index (κ3) is 6.37. The number of ether oxygens (including phenoxy) is 2. The molecule has 0 aliphatic rings. The van der Waals surface area contributed by atoms with Crippen molar-refractivity contribution in [2.75, 3.05) is 57.7 Å². The molecule has 1 aromatic heterocycles. The van der Waals surface area contributed by atoms with Gasteiger partial charge in [0.1, 0.15) is 11.3 Å². The summed E-state index contributed by atoms with van der Waals surface area (Å²) in [5.41, 5.74) is 9.88. The van der Waals surface area contributed by atoms with Crippen molar-refractivity contribution < 1.29 is 17.9 Å². The van der Waals surface area contributed by atoms with E-state index in [1.807, 2.05) is 68.4 Å². The molecule has 222 valence electrons. The molecule has 0 amide bonds. The quantitative estimate of drug-likeness (QED) is 0.137. The van der Waals surface area contributed by atoms with Crippen molar-refractivity contribution >= 4 is 54.0 Å². The zero-order valence-corrected chi connectivity index (χ0v) is 25.3. The van der Waals surface area contributed by atoms with E-state index in [0.29, 0.717) is 50.5 Å². The molecule has 0 unspecified atom stereocenters. The normalized spacial score (nSPS) is 12.1. The summed E-state index contributed by atoms with van der Waals surface area (Å²) in [4.78, 5) is 6.98. The summed E-state index contributed by atoms with van der Waals surface area (Å²) in [6, 6.07) is 21.3. The number of nitrogens with two attached hydrogens (primary N) is 1. The van der Waals surface area contributed by atoms with Crippen LogP contribution in [-0.2, 0) is 26.0 Å². The van der Waals surface area contributed by atoms with Crippen LogP contribution in [0.25, 0.3) is 32.6 Å². The molecule has 5 aromatic rings. The van der Waals surface area contributed by atoms with E-state index in [4.69, 9.17) is 20.2 Å². The molecular formula is C32H39N5O4S. The zero-order chi connectivity index (χ0) is 29.7. The molecule has 0 fully saturated rings. The maximum absolute atomic E-state index is 13.0. The lowest BCUT2D eigenvalue weighted by Gasteiger charge is -2.17.